The molecule has 0 spiro atoms. The van der Waals surface area contributed by atoms with Gasteiger partial charge in [0.2, 0.25) is 0 Å². The van der Waals surface area contributed by atoms with Crippen LogP contribution in [0.1, 0.15) is 8.22 Å². The number of benzene rings is 10. The van der Waals surface area contributed by atoms with E-state index in [0.29, 0.717) is 27.9 Å². The summed E-state index contributed by atoms with van der Waals surface area (Å²) in [6, 6.07) is 51.0. The molecule has 1 heteroatoms. The Bertz CT molecular complexity index is 3510. The van der Waals surface area contributed by atoms with Crippen LogP contribution in [0, 0.1) is 0 Å². The van der Waals surface area contributed by atoms with E-state index in [0.717, 1.165) is 65.3 Å². The van der Waals surface area contributed by atoms with Crippen molar-refractivity contribution in [2.45, 2.75) is 0 Å². The molecular formula is C52H32O. The Morgan fingerprint density at radius 1 is 0.321 bits per heavy atom. The van der Waals surface area contributed by atoms with Crippen LogP contribution in [-0.4, -0.2) is 0 Å². The molecule has 0 aliphatic carbocycles. The van der Waals surface area contributed by atoms with Crippen LogP contribution < -0.4 is 0 Å². The summed E-state index contributed by atoms with van der Waals surface area (Å²) in [4.78, 5) is 0. The lowest BCUT2D eigenvalue weighted by Crippen LogP contribution is -1.92. The van der Waals surface area contributed by atoms with Gasteiger partial charge in [-0.2, -0.15) is 0 Å². The number of furan rings is 1. The maximum Gasteiger partial charge on any atom is 0.136 e. The van der Waals surface area contributed by atoms with Crippen molar-refractivity contribution in [2.75, 3.05) is 0 Å². The molecule has 1 heterocycles. The first-order valence-corrected chi connectivity index (χ1v) is 17.8. The average molecular weight is 679 g/mol. The molecule has 0 unspecified atom stereocenters. The average Bonchev–Trinajstić information content (AvgIpc) is 3.65. The lowest BCUT2D eigenvalue weighted by molar-refractivity contribution is 0.669. The molecule has 0 aliphatic heterocycles. The molecular weight excluding hydrogens is 641 g/mol. The van der Waals surface area contributed by atoms with Gasteiger partial charge in [-0.15, -0.1) is 0 Å². The Labute approximate surface area is 315 Å². The van der Waals surface area contributed by atoms with Gasteiger partial charge in [0, 0.05) is 10.8 Å². The number of hydrogen-bond acceptors (Lipinski definition) is 1. The zero-order chi connectivity index (χ0) is 40.1. The largest absolute Gasteiger partial charge is 0.456 e. The lowest BCUT2D eigenvalue weighted by atomic mass is 9.84. The van der Waals surface area contributed by atoms with Gasteiger partial charge in [-0.05, 0) is 112 Å². The Hall–Kier alpha value is -6.96. The van der Waals surface area contributed by atoms with E-state index in [9.17, 15) is 5.48 Å². The Kier molecular flexibility index (Phi) is 5.40. The van der Waals surface area contributed by atoms with Gasteiger partial charge in [-0.3, -0.25) is 0 Å². The molecule has 246 valence electrons. The third kappa shape index (κ3) is 4.64. The van der Waals surface area contributed by atoms with Crippen molar-refractivity contribution in [3.05, 3.63) is 194 Å². The van der Waals surface area contributed by atoms with Crippen LogP contribution in [0.25, 0.3) is 110 Å². The zero-order valence-electron chi connectivity index (χ0n) is 34.4. The van der Waals surface area contributed by atoms with Gasteiger partial charge in [0.15, 0.2) is 0 Å². The molecule has 0 bridgehead atoms. The summed E-state index contributed by atoms with van der Waals surface area (Å²) in [6.07, 6.45) is 0. The minimum atomic E-state index is -0.397. The molecule has 0 atom stereocenters. The van der Waals surface area contributed by atoms with Crippen LogP contribution in [0.5, 0.6) is 0 Å². The highest BCUT2D eigenvalue weighted by molar-refractivity contribution is 6.24. The molecule has 0 saturated carbocycles. The van der Waals surface area contributed by atoms with Gasteiger partial charge < -0.3 is 4.42 Å². The summed E-state index contributed by atoms with van der Waals surface area (Å²) in [5.41, 5.74) is 7.27. The Balaban J connectivity index is 1.19. The van der Waals surface area contributed by atoms with Crippen LogP contribution in [0.4, 0.5) is 0 Å². The van der Waals surface area contributed by atoms with Crippen LogP contribution in [0.3, 0.4) is 0 Å². The molecule has 0 aliphatic rings. The van der Waals surface area contributed by atoms with E-state index < -0.39 is 12.1 Å². The Morgan fingerprint density at radius 3 is 1.66 bits per heavy atom. The summed E-state index contributed by atoms with van der Waals surface area (Å²) in [7, 11) is 0. The van der Waals surface area contributed by atoms with Gasteiger partial charge in [0.05, 0.1) is 8.22 Å². The van der Waals surface area contributed by atoms with Crippen molar-refractivity contribution in [3.8, 4) is 44.5 Å². The maximum atomic E-state index is 9.81. The van der Waals surface area contributed by atoms with E-state index in [1.54, 1.807) is 0 Å². The van der Waals surface area contributed by atoms with Gasteiger partial charge in [-0.1, -0.05) is 170 Å². The first-order valence-electron chi connectivity index (χ1n) is 20.8. The second kappa shape index (κ2) is 11.8. The molecule has 0 fully saturated rings. The fourth-order valence-corrected chi connectivity index (χ4v) is 8.23. The van der Waals surface area contributed by atoms with Gasteiger partial charge >= 0.3 is 0 Å². The SMILES string of the molecule is [2H]c1c([2H])c([2H])c2c(-c3c4ccccc4c(-c4ccccc4)c4ccccc34)c([2H])c([2H])c(-c3ccc4c(c3)oc3ccc(-c5cccc6ccccc56)cc34)c2c1[2H]. The minimum Gasteiger partial charge on any atom is -0.456 e. The molecule has 1 nitrogen and oxygen atoms in total. The van der Waals surface area contributed by atoms with Crippen molar-refractivity contribution in [1.82, 2.24) is 0 Å². The van der Waals surface area contributed by atoms with E-state index in [4.69, 9.17) is 7.16 Å². The smallest absolute Gasteiger partial charge is 0.136 e. The van der Waals surface area contributed by atoms with Crippen LogP contribution in [-0.2, 0) is 0 Å². The highest BCUT2D eigenvalue weighted by Gasteiger charge is 2.19. The van der Waals surface area contributed by atoms with E-state index in [2.05, 4.69) is 66.7 Å². The highest BCUT2D eigenvalue weighted by atomic mass is 16.3. The maximum absolute atomic E-state index is 9.81. The van der Waals surface area contributed by atoms with Gasteiger partial charge in [-0.25, -0.2) is 0 Å². The molecule has 0 N–H and O–H groups in total. The summed E-state index contributed by atoms with van der Waals surface area (Å²) >= 11 is 0. The topological polar surface area (TPSA) is 13.1 Å². The third-order valence-corrected chi connectivity index (χ3v) is 10.6. The Morgan fingerprint density at radius 2 is 0.906 bits per heavy atom. The molecule has 0 saturated heterocycles. The van der Waals surface area contributed by atoms with E-state index in [1.807, 2.05) is 91.0 Å². The third-order valence-electron chi connectivity index (χ3n) is 10.6. The fourth-order valence-electron chi connectivity index (χ4n) is 8.23. The van der Waals surface area contributed by atoms with Crippen molar-refractivity contribution in [2.24, 2.45) is 0 Å². The quantitative estimate of drug-likeness (QED) is 0.169. The zero-order valence-corrected chi connectivity index (χ0v) is 28.4. The summed E-state index contributed by atoms with van der Waals surface area (Å²) in [5.74, 6) is 0. The molecule has 11 aromatic rings. The number of fused-ring (bicyclic) bond motifs is 7. The summed E-state index contributed by atoms with van der Waals surface area (Å²) in [6.45, 7) is 0. The predicted octanol–water partition coefficient (Wildman–Crippen LogP) is 14.9. The number of rotatable bonds is 4. The molecule has 0 amide bonds. The van der Waals surface area contributed by atoms with Crippen molar-refractivity contribution in [3.63, 3.8) is 0 Å². The second-order valence-corrected chi connectivity index (χ2v) is 13.5. The summed E-state index contributed by atoms with van der Waals surface area (Å²) < 4.78 is 62.5. The fraction of sp³-hybridized carbons (Fsp3) is 0. The van der Waals surface area contributed by atoms with E-state index in [-0.39, 0.29) is 40.5 Å². The molecule has 10 aromatic carbocycles. The van der Waals surface area contributed by atoms with E-state index >= 15 is 0 Å². The van der Waals surface area contributed by atoms with Gasteiger partial charge in [0.1, 0.15) is 11.2 Å². The van der Waals surface area contributed by atoms with Crippen molar-refractivity contribution >= 4 is 65.0 Å². The van der Waals surface area contributed by atoms with Crippen molar-refractivity contribution < 1.29 is 12.6 Å². The monoisotopic (exact) mass is 678 g/mol. The predicted molar refractivity (Wildman–Crippen MR) is 225 cm³/mol. The van der Waals surface area contributed by atoms with E-state index in [1.165, 1.54) is 0 Å². The molecule has 53 heavy (non-hydrogen) atoms. The minimum absolute atomic E-state index is 0.121. The highest BCUT2D eigenvalue weighted by Crippen LogP contribution is 2.47. The first-order chi connectivity index (χ1) is 28.8. The summed E-state index contributed by atoms with van der Waals surface area (Å²) in [5, 5.41) is 8.06. The molecule has 1 aromatic heterocycles. The first kappa shape index (κ1) is 24.3. The van der Waals surface area contributed by atoms with Gasteiger partial charge in [0.25, 0.3) is 0 Å². The van der Waals surface area contributed by atoms with Crippen LogP contribution in [0.2, 0.25) is 0 Å². The second-order valence-electron chi connectivity index (χ2n) is 13.5. The molecule has 11 rings (SSSR count). The van der Waals surface area contributed by atoms with Crippen LogP contribution >= 0.6 is 0 Å². The van der Waals surface area contributed by atoms with Crippen LogP contribution in [0.15, 0.2) is 198 Å². The van der Waals surface area contributed by atoms with Crippen molar-refractivity contribution in [1.29, 1.82) is 0 Å². The number of hydrogen-bond donors (Lipinski definition) is 0. The lowest BCUT2D eigenvalue weighted by Gasteiger charge is -2.19. The normalized spacial score (nSPS) is 13.4. The molecule has 0 radical (unpaired) electrons. The standard InChI is InChI=1S/C52H32O/c1-2-14-34(15-3-1)51-43-20-8-10-22-45(43)52(46-23-11-9-21-44(46)51)47-29-28-39(40-18-6-7-19-41(40)47)36-25-27-42-48-31-35(26-30-49(48)53-50(42)32-36)38-24-12-16-33-13-4-5-17-37(33)38/h1-32H/i6D,7D,18D,19D,28D,29D.